The van der Waals surface area contributed by atoms with E-state index < -0.39 is 17.5 Å². The molecule has 1 N–H and O–H groups in total. The number of benzene rings is 1. The highest BCUT2D eigenvalue weighted by molar-refractivity contribution is 6.31. The Morgan fingerprint density at radius 1 is 1.29 bits per heavy atom. The van der Waals surface area contributed by atoms with Crippen molar-refractivity contribution in [1.29, 1.82) is 0 Å². The van der Waals surface area contributed by atoms with E-state index in [0.717, 1.165) is 6.07 Å². The van der Waals surface area contributed by atoms with Gasteiger partial charge in [0, 0.05) is 10.4 Å². The summed E-state index contributed by atoms with van der Waals surface area (Å²) in [7, 11) is 0. The molecule has 0 fully saturated rings. The average molecular weight is 262 g/mol. The summed E-state index contributed by atoms with van der Waals surface area (Å²) in [6.07, 6.45) is -4.65. The van der Waals surface area contributed by atoms with Crippen molar-refractivity contribution in [2.24, 2.45) is 0 Å². The molecule has 0 saturated carbocycles. The lowest BCUT2D eigenvalue weighted by Crippen LogP contribution is -2.08. The molecule has 0 atom stereocenters. The van der Waals surface area contributed by atoms with Crippen LogP contribution < -0.4 is 0 Å². The summed E-state index contributed by atoms with van der Waals surface area (Å²) in [5, 5.41) is 9.46. The SMILES string of the molecule is Cc1nc2ccc(Cl)cc2c(C(F)(F)F)c1O. The Labute approximate surface area is 99.7 Å². The lowest BCUT2D eigenvalue weighted by atomic mass is 10.1. The first-order valence-corrected chi connectivity index (χ1v) is 5.04. The normalized spacial score (nSPS) is 12.1. The molecule has 0 unspecified atom stereocenters. The van der Waals surface area contributed by atoms with Crippen LogP contribution in [0.1, 0.15) is 11.3 Å². The molecule has 6 heteroatoms. The van der Waals surface area contributed by atoms with E-state index in [9.17, 15) is 18.3 Å². The van der Waals surface area contributed by atoms with Gasteiger partial charge in [-0.05, 0) is 25.1 Å². The molecule has 0 bridgehead atoms. The average Bonchev–Trinajstić information content (AvgIpc) is 2.18. The predicted octanol–water partition coefficient (Wildman–Crippen LogP) is 3.92. The number of aryl methyl sites for hydroxylation is 1. The van der Waals surface area contributed by atoms with Crippen molar-refractivity contribution < 1.29 is 18.3 Å². The number of pyridine rings is 1. The van der Waals surface area contributed by atoms with Crippen LogP contribution >= 0.6 is 11.6 Å². The van der Waals surface area contributed by atoms with Crippen LogP contribution in [0.2, 0.25) is 5.02 Å². The fourth-order valence-corrected chi connectivity index (χ4v) is 1.81. The summed E-state index contributed by atoms with van der Waals surface area (Å²) in [4.78, 5) is 3.88. The molecule has 1 heterocycles. The van der Waals surface area contributed by atoms with Crippen LogP contribution in [0, 0.1) is 6.92 Å². The number of aromatic nitrogens is 1. The summed E-state index contributed by atoms with van der Waals surface area (Å²) in [6, 6.07) is 3.98. The highest BCUT2D eigenvalue weighted by Crippen LogP contribution is 2.41. The number of aromatic hydroxyl groups is 1. The zero-order valence-electron chi connectivity index (χ0n) is 8.64. The molecular weight excluding hydrogens is 255 g/mol. The molecule has 0 amide bonds. The van der Waals surface area contributed by atoms with Gasteiger partial charge in [-0.15, -0.1) is 0 Å². The van der Waals surface area contributed by atoms with Gasteiger partial charge in [0.15, 0.2) is 0 Å². The number of nitrogens with zero attached hydrogens (tertiary/aromatic N) is 1. The van der Waals surface area contributed by atoms with Crippen molar-refractivity contribution in [2.45, 2.75) is 13.1 Å². The maximum Gasteiger partial charge on any atom is 0.420 e. The summed E-state index contributed by atoms with van der Waals surface area (Å²) in [6.45, 7) is 1.32. The molecule has 1 aromatic heterocycles. The van der Waals surface area contributed by atoms with E-state index in [0.29, 0.717) is 0 Å². The third-order valence-corrected chi connectivity index (χ3v) is 2.61. The minimum absolute atomic E-state index is 0.0628. The molecule has 1 aromatic carbocycles. The van der Waals surface area contributed by atoms with Crippen LogP contribution in [0.4, 0.5) is 13.2 Å². The molecule has 0 aliphatic rings. The quantitative estimate of drug-likeness (QED) is 0.780. The van der Waals surface area contributed by atoms with Crippen LogP contribution in [0.15, 0.2) is 18.2 Å². The topological polar surface area (TPSA) is 33.1 Å². The molecule has 2 rings (SSSR count). The summed E-state index contributed by atoms with van der Waals surface area (Å²) in [5.74, 6) is -0.854. The number of halogens is 4. The third kappa shape index (κ3) is 2.02. The van der Waals surface area contributed by atoms with E-state index in [1.807, 2.05) is 0 Å². The predicted molar refractivity (Wildman–Crippen MR) is 58.2 cm³/mol. The monoisotopic (exact) mass is 261 g/mol. The lowest BCUT2D eigenvalue weighted by molar-refractivity contribution is -0.137. The van der Waals surface area contributed by atoms with Crippen molar-refractivity contribution in [1.82, 2.24) is 4.98 Å². The first kappa shape index (κ1) is 12.0. The number of fused-ring (bicyclic) bond motifs is 1. The Morgan fingerprint density at radius 2 is 1.94 bits per heavy atom. The van der Waals surface area contributed by atoms with Gasteiger partial charge in [0.2, 0.25) is 0 Å². The van der Waals surface area contributed by atoms with Crippen molar-refractivity contribution >= 4 is 22.5 Å². The van der Waals surface area contributed by atoms with Crippen molar-refractivity contribution in [2.75, 3.05) is 0 Å². The van der Waals surface area contributed by atoms with Crippen LogP contribution in [-0.2, 0) is 6.18 Å². The summed E-state index contributed by atoms with van der Waals surface area (Å²) < 4.78 is 38.6. The largest absolute Gasteiger partial charge is 0.505 e. The zero-order chi connectivity index (χ0) is 12.8. The Bertz CT molecular complexity index is 595. The van der Waals surface area contributed by atoms with Crippen molar-refractivity contribution in [3.05, 3.63) is 34.5 Å². The third-order valence-electron chi connectivity index (χ3n) is 2.38. The maximum absolute atomic E-state index is 12.9. The van der Waals surface area contributed by atoms with Gasteiger partial charge in [0.25, 0.3) is 0 Å². The van der Waals surface area contributed by atoms with Crippen LogP contribution in [-0.4, -0.2) is 10.1 Å². The first-order chi connectivity index (χ1) is 7.80. The number of hydrogen-bond acceptors (Lipinski definition) is 2. The van der Waals surface area contributed by atoms with Gasteiger partial charge in [-0.25, -0.2) is 4.98 Å². The Balaban J connectivity index is 2.95. The second-order valence-corrected chi connectivity index (χ2v) is 4.02. The van der Waals surface area contributed by atoms with E-state index in [4.69, 9.17) is 11.6 Å². The standard InChI is InChI=1S/C11H7ClF3NO/c1-5-10(17)9(11(13,14)15)7-4-6(12)2-3-8(7)16-5/h2-4,17H,1H3. The lowest BCUT2D eigenvalue weighted by Gasteiger charge is -2.13. The van der Waals surface area contributed by atoms with Crippen molar-refractivity contribution in [3.8, 4) is 5.75 Å². The van der Waals surface area contributed by atoms with Crippen LogP contribution in [0.5, 0.6) is 5.75 Å². The van der Waals surface area contributed by atoms with E-state index >= 15 is 0 Å². The Morgan fingerprint density at radius 3 is 2.53 bits per heavy atom. The molecule has 0 aliphatic heterocycles. The molecule has 17 heavy (non-hydrogen) atoms. The molecule has 0 aliphatic carbocycles. The van der Waals surface area contributed by atoms with Gasteiger partial charge in [0.1, 0.15) is 11.3 Å². The van der Waals surface area contributed by atoms with Gasteiger partial charge in [-0.3, -0.25) is 0 Å². The molecule has 2 aromatic rings. The smallest absolute Gasteiger partial charge is 0.420 e. The Hall–Kier alpha value is -1.49. The minimum atomic E-state index is -4.65. The minimum Gasteiger partial charge on any atom is -0.505 e. The highest BCUT2D eigenvalue weighted by Gasteiger charge is 2.37. The van der Waals surface area contributed by atoms with Gasteiger partial charge in [0.05, 0.1) is 11.2 Å². The molecule has 0 saturated heterocycles. The number of rotatable bonds is 0. The molecule has 2 nitrogen and oxygen atoms in total. The van der Waals surface area contributed by atoms with E-state index in [2.05, 4.69) is 4.98 Å². The fraction of sp³-hybridized carbons (Fsp3) is 0.182. The first-order valence-electron chi connectivity index (χ1n) is 4.66. The van der Waals surface area contributed by atoms with Crippen LogP contribution in [0.3, 0.4) is 0 Å². The number of alkyl halides is 3. The molecule has 0 spiro atoms. The van der Waals surface area contributed by atoms with Gasteiger partial charge in [-0.1, -0.05) is 11.6 Å². The van der Waals surface area contributed by atoms with E-state index in [1.54, 1.807) is 0 Å². The molecule has 90 valence electrons. The van der Waals surface area contributed by atoms with Crippen LogP contribution in [0.25, 0.3) is 10.9 Å². The molecular formula is C11H7ClF3NO. The molecule has 0 radical (unpaired) electrons. The second-order valence-electron chi connectivity index (χ2n) is 3.58. The summed E-state index contributed by atoms with van der Waals surface area (Å²) in [5.41, 5.74) is -1.01. The van der Waals surface area contributed by atoms with Gasteiger partial charge >= 0.3 is 6.18 Å². The van der Waals surface area contributed by atoms with E-state index in [1.165, 1.54) is 19.1 Å². The summed E-state index contributed by atoms with van der Waals surface area (Å²) >= 11 is 5.66. The Kier molecular flexibility index (Phi) is 2.66. The van der Waals surface area contributed by atoms with Gasteiger partial charge < -0.3 is 5.11 Å². The van der Waals surface area contributed by atoms with Gasteiger partial charge in [-0.2, -0.15) is 13.2 Å². The van der Waals surface area contributed by atoms with E-state index in [-0.39, 0.29) is 21.6 Å². The number of hydrogen-bond donors (Lipinski definition) is 1. The fourth-order valence-electron chi connectivity index (χ4n) is 1.64. The van der Waals surface area contributed by atoms with Crippen molar-refractivity contribution in [3.63, 3.8) is 0 Å². The second kappa shape index (κ2) is 3.77. The maximum atomic E-state index is 12.9. The highest BCUT2D eigenvalue weighted by atomic mass is 35.5. The zero-order valence-corrected chi connectivity index (χ0v) is 9.39.